The van der Waals surface area contributed by atoms with E-state index in [1.165, 1.54) is 17.9 Å². The zero-order chi connectivity index (χ0) is 79.9. The van der Waals surface area contributed by atoms with Crippen LogP contribution in [0.25, 0.3) is 51.5 Å². The fraction of sp³-hybridized carbons (Fsp3) is 0.311. The van der Waals surface area contributed by atoms with Gasteiger partial charge in [0.05, 0.1) is 133 Å². The summed E-state index contributed by atoms with van der Waals surface area (Å²) in [5.41, 5.74) is 7.53. The summed E-state index contributed by atoms with van der Waals surface area (Å²) in [6.07, 6.45) is 11.6. The van der Waals surface area contributed by atoms with Gasteiger partial charge in [0.15, 0.2) is 6.54 Å². The summed E-state index contributed by atoms with van der Waals surface area (Å²) in [5, 5.41) is 10.2. The van der Waals surface area contributed by atoms with E-state index >= 15 is 0 Å². The number of allylic oxidation sites excluding steroid dienone is 6. The summed E-state index contributed by atoms with van der Waals surface area (Å²) in [7, 11) is -9.89. The molecule has 6 aromatic carbocycles. The van der Waals surface area contributed by atoms with Crippen molar-refractivity contribution in [3.63, 3.8) is 0 Å². The van der Waals surface area contributed by atoms with E-state index in [1.807, 2.05) is 59.2 Å². The first-order chi connectivity index (χ1) is 52.0. The average Bonchev–Trinajstić information content (AvgIpc) is 1.63. The van der Waals surface area contributed by atoms with Gasteiger partial charge in [0.25, 0.3) is 16.6 Å². The minimum absolute atomic E-state index is 0. The van der Waals surface area contributed by atoms with Crippen molar-refractivity contribution in [2.24, 2.45) is 7.05 Å². The quantitative estimate of drug-likeness (QED) is 0.0228. The van der Waals surface area contributed by atoms with Crippen molar-refractivity contribution < 1.29 is 140 Å². The second-order valence-corrected chi connectivity index (χ2v) is 32.9. The van der Waals surface area contributed by atoms with E-state index in [9.17, 15) is 52.1 Å². The van der Waals surface area contributed by atoms with E-state index in [0.717, 1.165) is 64.5 Å². The Morgan fingerprint density at radius 2 is 0.991 bits per heavy atom. The third-order valence-electron chi connectivity index (χ3n) is 18.0. The molecular formula is C74H75Cl7F3KN9O14S3+. The largest absolute Gasteiger partial charge is 1.00 e. The number of alkyl halides is 3. The monoisotopic (exact) mass is 1750 g/mol. The maximum atomic E-state index is 13.5. The van der Waals surface area contributed by atoms with Crippen LogP contribution in [0.3, 0.4) is 0 Å². The molecule has 0 aliphatic carbocycles. The molecule has 3 aliphatic heterocycles. The van der Waals surface area contributed by atoms with Gasteiger partial charge in [0.2, 0.25) is 16.7 Å². The minimum Gasteiger partial charge on any atom is -0.748 e. The third kappa shape index (κ3) is 21.6. The zero-order valence-corrected chi connectivity index (χ0v) is 71.8. The Balaban J connectivity index is 0.000000192. The molecule has 12 rings (SSSR count). The van der Waals surface area contributed by atoms with Gasteiger partial charge in [-0.25, -0.2) is 25.3 Å². The molecule has 3 aliphatic rings. The summed E-state index contributed by atoms with van der Waals surface area (Å²) in [6, 6.07) is 27.6. The first-order valence-corrected chi connectivity index (χ1v) is 41.6. The van der Waals surface area contributed by atoms with Crippen molar-refractivity contribution in [3.05, 3.63) is 209 Å². The zero-order valence-electron chi connectivity index (χ0n) is 60.9. The molecule has 1 N–H and O–H groups in total. The van der Waals surface area contributed by atoms with Crippen LogP contribution in [0.1, 0.15) is 70.2 Å². The summed E-state index contributed by atoms with van der Waals surface area (Å²) < 4.78 is 171. The van der Waals surface area contributed by atoms with Crippen molar-refractivity contribution in [2.75, 3.05) is 100 Å². The minimum atomic E-state index is -4.68. The van der Waals surface area contributed by atoms with Crippen molar-refractivity contribution in [3.8, 4) is 0 Å². The maximum absolute atomic E-state index is 13.5. The van der Waals surface area contributed by atoms with Gasteiger partial charge in [0.1, 0.15) is 31.1 Å². The van der Waals surface area contributed by atoms with Crippen LogP contribution in [-0.4, -0.2) is 120 Å². The average molecular weight is 1750 g/mol. The van der Waals surface area contributed by atoms with E-state index < -0.39 is 63.9 Å². The number of aliphatic hydroxyl groups excluding tert-OH is 1. The molecule has 0 radical (unpaired) electrons. The Hall–Kier alpha value is -5.92. The number of fused-ring (bicyclic) bond motifs is 6. The normalized spacial score (nSPS) is 15.4. The number of nitrogens with zero attached hydrogens (tertiary/aromatic N) is 9. The fourth-order valence-corrected chi connectivity index (χ4v) is 15.3. The predicted molar refractivity (Wildman–Crippen MR) is 423 cm³/mol. The molecule has 23 nitrogen and oxygen atoms in total. The molecule has 37 heteroatoms. The Morgan fingerprint density at radius 3 is 1.51 bits per heavy atom. The molecule has 1 unspecified atom stereocenters. The molecule has 0 spiro atoms. The third-order valence-corrected chi connectivity index (χ3v) is 23.0. The molecule has 0 amide bonds. The Morgan fingerprint density at radius 1 is 0.541 bits per heavy atom. The van der Waals surface area contributed by atoms with Crippen LogP contribution in [0.15, 0.2) is 164 Å². The maximum Gasteiger partial charge on any atom is 1.00 e. The molecule has 1 atom stereocenters. The second-order valence-electron chi connectivity index (χ2n) is 25.1. The van der Waals surface area contributed by atoms with Crippen LogP contribution >= 0.6 is 81.2 Å². The van der Waals surface area contributed by atoms with Crippen molar-refractivity contribution >= 4 is 197 Å². The molecule has 0 bridgehead atoms. The van der Waals surface area contributed by atoms with Gasteiger partial charge in [0, 0.05) is 91.2 Å². The van der Waals surface area contributed by atoms with Crippen molar-refractivity contribution in [1.82, 2.24) is 0 Å². The van der Waals surface area contributed by atoms with Crippen molar-refractivity contribution in [1.29, 1.82) is 0 Å². The van der Waals surface area contributed by atoms with Crippen LogP contribution in [0.5, 0.6) is 0 Å². The standard InChI is InChI=1S/C26H28Cl3N3O7S2.C25H28Cl2N3O3.C23H20Cl2F3N3O4S.K/c1-3-30-21-15-19(28)20(29)16-22(21)31(12-10-17(2)41(36,37)38)25(30)6-4-7-26-32(11-5-13-40(33,34)35)23-14-18(27)8-9-24(23)39-26;1-3-28-21-16-18(26)19(27)17-22(21)30(12-14-32-15-13-31)24(28)10-7-11-25-29(4-2)20-8-5-6-9-23(20)33-25;1-29-17-13-16(25)15(23(26,27)28)12-18(17)31(9-4-10-36(32,33)34)21(29)5-3-6-22-30(2)19-11-14(24)7-8-20(19)35-22;/h4,6-9,14-17H,3,5,10-13H2,1-2H3,(H-,33,34,35,36,37,38);5-11,16-17,31H,3-4,12-15H2,1-2H3;3,5-8,11-13H,4,9-10H2,1-2H3;/q;+1;;+1/p-1. The number of aryl methyl sites for hydroxylation is 3. The number of anilines is 6. The molecule has 0 saturated carbocycles. The first kappa shape index (κ1) is 89.0. The number of oxazole rings is 3. The number of benzene rings is 6. The number of para-hydroxylation sites is 2. The predicted octanol–water partition coefficient (Wildman–Crippen LogP) is 12.7. The number of ether oxygens (including phenoxy) is 1. The Kier molecular flexibility index (Phi) is 30.7. The van der Waals surface area contributed by atoms with Gasteiger partial charge in [-0.05, 0) is 144 Å². The van der Waals surface area contributed by atoms with Crippen LogP contribution in [0, 0.1) is 0 Å². The number of hydrogen-bond donors (Lipinski definition) is 1. The summed E-state index contributed by atoms with van der Waals surface area (Å²) in [5.74, 6) is 2.65. The first-order valence-electron chi connectivity index (χ1n) is 34.3. The fourth-order valence-electron chi connectivity index (χ4n) is 12.8. The van der Waals surface area contributed by atoms with Gasteiger partial charge >= 0.3 is 75.2 Å². The topological polar surface area (TPSA) is 272 Å². The molecule has 3 aromatic heterocycles. The van der Waals surface area contributed by atoms with Crippen molar-refractivity contribution in [2.45, 2.75) is 71.5 Å². The SMILES string of the molecule is CCN1/C(=C\C=C\c2oc3ccc(Cl)cc3[n+]2CCCS(=O)(=O)[O-])N(CCC(C)S(=O)(=O)[O-])c2cc(Cl)c(Cl)cc21.CCN1/C(=C\C=C\c2oc3ccccc3[n+]2CC)N(CCOCCO)c2cc(Cl)c(Cl)cc21.CN1/C(=C\C=C\c2oc3ccc(Cl)cc3[n+]2C)N(CCCS(=O)(=O)[O-])c2cc(C(F)(F)F)c(Cl)cc21.[K+]. The summed E-state index contributed by atoms with van der Waals surface area (Å²) in [6.45, 7) is 11.4. The van der Waals surface area contributed by atoms with Gasteiger partial charge in [-0.1, -0.05) is 93.3 Å². The Bertz CT molecular complexity index is 5490. The molecule has 588 valence electrons. The smallest absolute Gasteiger partial charge is 0.748 e. The molecule has 9 aromatic rings. The van der Waals surface area contributed by atoms with E-state index in [2.05, 4.69) is 40.4 Å². The van der Waals surface area contributed by atoms with E-state index in [0.29, 0.717) is 108 Å². The second kappa shape index (κ2) is 38.2. The van der Waals surface area contributed by atoms with E-state index in [-0.39, 0.29) is 103 Å². The number of aromatic nitrogens is 3. The van der Waals surface area contributed by atoms with Gasteiger partial charge in [-0.2, -0.15) is 26.9 Å². The molecule has 0 saturated heterocycles. The van der Waals surface area contributed by atoms with Crippen LogP contribution in [-0.2, 0) is 61.4 Å². The number of halogens is 10. The summed E-state index contributed by atoms with van der Waals surface area (Å²) >= 11 is 43.5. The van der Waals surface area contributed by atoms with Gasteiger partial charge in [-0.3, -0.25) is 0 Å². The number of rotatable bonds is 26. The van der Waals surface area contributed by atoms with Crippen LogP contribution in [0.2, 0.25) is 35.2 Å². The van der Waals surface area contributed by atoms with Gasteiger partial charge in [-0.15, -0.1) is 0 Å². The Labute approximate surface area is 718 Å². The number of hydrogen-bond acceptors (Lipinski definition) is 20. The molecule has 6 heterocycles. The molecule has 111 heavy (non-hydrogen) atoms. The van der Waals surface area contributed by atoms with E-state index in [4.69, 9.17) is 104 Å². The molecular weight excluding hydrogens is 1680 g/mol. The van der Waals surface area contributed by atoms with Crippen LogP contribution in [0.4, 0.5) is 47.3 Å². The number of aliphatic hydroxyl groups is 1. The molecule has 0 fully saturated rings. The van der Waals surface area contributed by atoms with Gasteiger partial charge < -0.3 is 66.2 Å². The van der Waals surface area contributed by atoms with E-state index in [1.54, 1.807) is 113 Å². The van der Waals surface area contributed by atoms with Crippen LogP contribution < -0.4 is 94.5 Å². The summed E-state index contributed by atoms with van der Waals surface area (Å²) in [4.78, 5) is 11.4.